The van der Waals surface area contributed by atoms with Crippen molar-refractivity contribution in [3.8, 4) is 0 Å². The molecule has 0 amide bonds. The molecule has 0 radical (unpaired) electrons. The molecule has 3 nitrogen and oxygen atoms in total. The standard InChI is InChI=1S/C16H17BrClNO2S/c1-19(12-13-4-2-3-5-16(13)18)10-11-22(20,21)15-8-6-14(17)7-9-15/h2-9H,10-12H2,1H3. The minimum Gasteiger partial charge on any atom is -0.301 e. The van der Waals surface area contributed by atoms with Gasteiger partial charge in [-0.15, -0.1) is 0 Å². The summed E-state index contributed by atoms with van der Waals surface area (Å²) in [5.41, 5.74) is 0.993. The van der Waals surface area contributed by atoms with Crippen LogP contribution in [0, 0.1) is 0 Å². The molecule has 0 heterocycles. The van der Waals surface area contributed by atoms with Crippen molar-refractivity contribution in [3.63, 3.8) is 0 Å². The average Bonchev–Trinajstić information content (AvgIpc) is 2.48. The van der Waals surface area contributed by atoms with Crippen LogP contribution in [-0.2, 0) is 16.4 Å². The fraction of sp³-hybridized carbons (Fsp3) is 0.250. The molecule has 0 saturated heterocycles. The summed E-state index contributed by atoms with van der Waals surface area (Å²) in [6.07, 6.45) is 0. The molecule has 0 unspecified atom stereocenters. The summed E-state index contributed by atoms with van der Waals surface area (Å²) in [6, 6.07) is 14.3. The van der Waals surface area contributed by atoms with Crippen molar-refractivity contribution in [1.29, 1.82) is 0 Å². The van der Waals surface area contributed by atoms with Gasteiger partial charge in [0.15, 0.2) is 9.84 Å². The Hall–Kier alpha value is -0.880. The number of hydrogen-bond donors (Lipinski definition) is 0. The van der Waals surface area contributed by atoms with Crippen molar-refractivity contribution < 1.29 is 8.42 Å². The smallest absolute Gasteiger partial charge is 0.179 e. The van der Waals surface area contributed by atoms with Gasteiger partial charge in [0, 0.05) is 22.6 Å². The minimum absolute atomic E-state index is 0.0790. The molecule has 22 heavy (non-hydrogen) atoms. The van der Waals surface area contributed by atoms with Crippen LogP contribution < -0.4 is 0 Å². The molecule has 0 bridgehead atoms. The van der Waals surface area contributed by atoms with Gasteiger partial charge in [0.1, 0.15) is 0 Å². The summed E-state index contributed by atoms with van der Waals surface area (Å²) in [6.45, 7) is 1.07. The molecule has 0 aliphatic heterocycles. The normalized spacial score (nSPS) is 11.8. The van der Waals surface area contributed by atoms with Crippen molar-refractivity contribution >= 4 is 37.4 Å². The molecule has 0 aliphatic rings. The van der Waals surface area contributed by atoms with Gasteiger partial charge in [-0.25, -0.2) is 8.42 Å². The maximum atomic E-state index is 12.3. The van der Waals surface area contributed by atoms with Crippen LogP contribution in [0.25, 0.3) is 0 Å². The summed E-state index contributed by atoms with van der Waals surface area (Å²) in [4.78, 5) is 2.30. The summed E-state index contributed by atoms with van der Waals surface area (Å²) < 4.78 is 25.5. The maximum absolute atomic E-state index is 12.3. The number of benzene rings is 2. The fourth-order valence-corrected chi connectivity index (χ4v) is 3.83. The zero-order valence-electron chi connectivity index (χ0n) is 12.2. The Kier molecular flexibility index (Phi) is 6.03. The van der Waals surface area contributed by atoms with E-state index in [1.54, 1.807) is 24.3 Å². The Morgan fingerprint density at radius 2 is 1.73 bits per heavy atom. The van der Waals surface area contributed by atoms with Gasteiger partial charge in [0.25, 0.3) is 0 Å². The predicted octanol–water partition coefficient (Wildman–Crippen LogP) is 4.01. The fourth-order valence-electron chi connectivity index (χ4n) is 2.03. The van der Waals surface area contributed by atoms with E-state index in [-0.39, 0.29) is 5.75 Å². The first-order valence-corrected chi connectivity index (χ1v) is 9.61. The van der Waals surface area contributed by atoms with E-state index in [1.807, 2.05) is 36.2 Å². The van der Waals surface area contributed by atoms with Gasteiger partial charge < -0.3 is 4.90 Å². The summed E-state index contributed by atoms with van der Waals surface area (Å²) in [5.74, 6) is 0.0790. The van der Waals surface area contributed by atoms with E-state index in [0.717, 1.165) is 10.0 Å². The van der Waals surface area contributed by atoms with E-state index in [0.29, 0.717) is 23.0 Å². The molecule has 2 aromatic rings. The summed E-state index contributed by atoms with van der Waals surface area (Å²) in [7, 11) is -1.38. The molecule has 0 saturated carbocycles. The van der Waals surface area contributed by atoms with E-state index in [9.17, 15) is 8.42 Å². The maximum Gasteiger partial charge on any atom is 0.179 e. The third kappa shape index (κ3) is 4.81. The zero-order valence-corrected chi connectivity index (χ0v) is 15.3. The second-order valence-corrected chi connectivity index (χ2v) is 8.53. The predicted molar refractivity (Wildman–Crippen MR) is 94.0 cm³/mol. The zero-order chi connectivity index (χ0) is 16.2. The number of halogens is 2. The van der Waals surface area contributed by atoms with Crippen LogP contribution in [0.1, 0.15) is 5.56 Å². The lowest BCUT2D eigenvalue weighted by Crippen LogP contribution is -2.25. The third-order valence-corrected chi connectivity index (χ3v) is 5.92. The highest BCUT2D eigenvalue weighted by Crippen LogP contribution is 2.18. The molecule has 6 heteroatoms. The van der Waals surface area contributed by atoms with Crippen LogP contribution in [0.3, 0.4) is 0 Å². The topological polar surface area (TPSA) is 37.4 Å². The van der Waals surface area contributed by atoms with Crippen LogP contribution in [-0.4, -0.2) is 32.7 Å². The highest BCUT2D eigenvalue weighted by atomic mass is 79.9. The molecule has 0 spiro atoms. The SMILES string of the molecule is CN(CCS(=O)(=O)c1ccc(Br)cc1)Cc1ccccc1Cl. The van der Waals surface area contributed by atoms with Crippen molar-refractivity contribution in [2.75, 3.05) is 19.3 Å². The van der Waals surface area contributed by atoms with Gasteiger partial charge in [0.05, 0.1) is 10.6 Å². The van der Waals surface area contributed by atoms with Gasteiger partial charge >= 0.3 is 0 Å². The molecular weight excluding hydrogens is 386 g/mol. The van der Waals surface area contributed by atoms with Gasteiger partial charge in [-0.1, -0.05) is 45.7 Å². The van der Waals surface area contributed by atoms with Crippen LogP contribution in [0.4, 0.5) is 0 Å². The lowest BCUT2D eigenvalue weighted by Gasteiger charge is -2.17. The van der Waals surface area contributed by atoms with Gasteiger partial charge in [0.2, 0.25) is 0 Å². The summed E-state index contributed by atoms with van der Waals surface area (Å²) in [5, 5.41) is 0.699. The Bertz CT molecular complexity index is 732. The minimum atomic E-state index is -3.27. The van der Waals surface area contributed by atoms with Crippen LogP contribution in [0.2, 0.25) is 5.02 Å². The van der Waals surface area contributed by atoms with Gasteiger partial charge in [-0.05, 0) is 42.9 Å². The van der Waals surface area contributed by atoms with Crippen molar-refractivity contribution in [2.45, 2.75) is 11.4 Å². The molecule has 0 atom stereocenters. The second-order valence-electron chi connectivity index (χ2n) is 5.10. The van der Waals surface area contributed by atoms with Gasteiger partial charge in [-0.3, -0.25) is 0 Å². The highest BCUT2D eigenvalue weighted by molar-refractivity contribution is 9.10. The van der Waals surface area contributed by atoms with Crippen LogP contribution in [0.5, 0.6) is 0 Å². The van der Waals surface area contributed by atoms with Crippen molar-refractivity contribution in [3.05, 3.63) is 63.6 Å². The van der Waals surface area contributed by atoms with Gasteiger partial charge in [-0.2, -0.15) is 0 Å². The average molecular weight is 403 g/mol. The van der Waals surface area contributed by atoms with E-state index in [1.165, 1.54) is 0 Å². The lowest BCUT2D eigenvalue weighted by atomic mass is 10.2. The molecule has 2 rings (SSSR count). The molecule has 0 fully saturated rings. The molecule has 118 valence electrons. The lowest BCUT2D eigenvalue weighted by molar-refractivity contribution is 0.346. The first kappa shape index (κ1) is 17.5. The third-order valence-electron chi connectivity index (χ3n) is 3.31. The first-order valence-electron chi connectivity index (χ1n) is 6.79. The molecule has 0 aromatic heterocycles. The van der Waals surface area contributed by atoms with E-state index < -0.39 is 9.84 Å². The number of sulfone groups is 1. The molecular formula is C16H17BrClNO2S. The Balaban J connectivity index is 1.97. The Labute approximate surface area is 145 Å². The number of nitrogens with zero attached hydrogens (tertiary/aromatic N) is 1. The van der Waals surface area contributed by atoms with E-state index in [4.69, 9.17) is 11.6 Å². The quantitative estimate of drug-likeness (QED) is 0.732. The largest absolute Gasteiger partial charge is 0.301 e. The number of hydrogen-bond acceptors (Lipinski definition) is 3. The van der Waals surface area contributed by atoms with Crippen molar-refractivity contribution in [1.82, 2.24) is 4.90 Å². The van der Waals surface area contributed by atoms with E-state index in [2.05, 4.69) is 15.9 Å². The Morgan fingerprint density at radius 3 is 2.36 bits per heavy atom. The molecule has 0 N–H and O–H groups in total. The first-order chi connectivity index (χ1) is 10.4. The number of rotatable bonds is 6. The summed E-state index contributed by atoms with van der Waals surface area (Å²) >= 11 is 9.42. The second kappa shape index (κ2) is 7.59. The highest BCUT2D eigenvalue weighted by Gasteiger charge is 2.15. The Morgan fingerprint density at radius 1 is 1.09 bits per heavy atom. The molecule has 2 aromatic carbocycles. The van der Waals surface area contributed by atoms with E-state index >= 15 is 0 Å². The van der Waals surface area contributed by atoms with Crippen LogP contribution in [0.15, 0.2) is 57.9 Å². The van der Waals surface area contributed by atoms with Crippen LogP contribution >= 0.6 is 27.5 Å². The molecule has 0 aliphatic carbocycles. The van der Waals surface area contributed by atoms with Crippen molar-refractivity contribution in [2.24, 2.45) is 0 Å². The monoisotopic (exact) mass is 401 g/mol.